The second-order valence-electron chi connectivity index (χ2n) is 5.10. The summed E-state index contributed by atoms with van der Waals surface area (Å²) in [6.45, 7) is 6.57. The Hall–Kier alpha value is -1.09. The highest BCUT2D eigenvalue weighted by Gasteiger charge is 2.31. The summed E-state index contributed by atoms with van der Waals surface area (Å²) in [4.78, 5) is 7.05. The van der Waals surface area contributed by atoms with E-state index in [4.69, 9.17) is 5.73 Å². The SMILES string of the molecule is CCC1CCC(C)N1c1ncccc1C(C)N. The van der Waals surface area contributed by atoms with Crippen molar-refractivity contribution in [3.8, 4) is 0 Å². The average Bonchev–Trinajstić information content (AvgIpc) is 2.70. The Morgan fingerprint density at radius 3 is 2.94 bits per heavy atom. The zero-order valence-corrected chi connectivity index (χ0v) is 11.1. The van der Waals surface area contributed by atoms with Crippen molar-refractivity contribution in [1.82, 2.24) is 4.98 Å². The summed E-state index contributed by atoms with van der Waals surface area (Å²) in [5, 5.41) is 0. The van der Waals surface area contributed by atoms with E-state index in [-0.39, 0.29) is 6.04 Å². The molecule has 17 heavy (non-hydrogen) atoms. The van der Waals surface area contributed by atoms with Crippen LogP contribution in [-0.2, 0) is 0 Å². The third-order valence-corrected chi connectivity index (χ3v) is 3.81. The van der Waals surface area contributed by atoms with Gasteiger partial charge >= 0.3 is 0 Å². The number of hydrogen-bond acceptors (Lipinski definition) is 3. The van der Waals surface area contributed by atoms with E-state index < -0.39 is 0 Å². The van der Waals surface area contributed by atoms with Gasteiger partial charge in [0, 0.05) is 29.9 Å². The van der Waals surface area contributed by atoms with Crippen LogP contribution >= 0.6 is 0 Å². The molecule has 3 unspecified atom stereocenters. The van der Waals surface area contributed by atoms with Crippen LogP contribution in [-0.4, -0.2) is 17.1 Å². The summed E-state index contributed by atoms with van der Waals surface area (Å²) in [7, 11) is 0. The lowest BCUT2D eigenvalue weighted by Crippen LogP contribution is -2.36. The van der Waals surface area contributed by atoms with E-state index >= 15 is 0 Å². The maximum absolute atomic E-state index is 6.05. The van der Waals surface area contributed by atoms with Gasteiger partial charge in [-0.1, -0.05) is 13.0 Å². The van der Waals surface area contributed by atoms with Crippen LogP contribution in [0.4, 0.5) is 5.82 Å². The average molecular weight is 233 g/mol. The lowest BCUT2D eigenvalue weighted by molar-refractivity contribution is 0.614. The molecule has 0 aromatic carbocycles. The molecule has 1 aromatic heterocycles. The van der Waals surface area contributed by atoms with Gasteiger partial charge in [0.15, 0.2) is 0 Å². The molecule has 1 saturated heterocycles. The normalized spacial score (nSPS) is 26.2. The zero-order chi connectivity index (χ0) is 12.4. The molecule has 0 amide bonds. The molecule has 0 bridgehead atoms. The molecular weight excluding hydrogens is 210 g/mol. The fourth-order valence-electron chi connectivity index (χ4n) is 2.83. The summed E-state index contributed by atoms with van der Waals surface area (Å²) in [5.41, 5.74) is 7.21. The number of rotatable bonds is 3. The first kappa shape index (κ1) is 12.4. The summed E-state index contributed by atoms with van der Waals surface area (Å²) in [6.07, 6.45) is 5.58. The van der Waals surface area contributed by atoms with Gasteiger partial charge in [-0.05, 0) is 39.2 Å². The van der Waals surface area contributed by atoms with Gasteiger partial charge in [-0.25, -0.2) is 4.98 Å². The van der Waals surface area contributed by atoms with Crippen molar-refractivity contribution >= 4 is 5.82 Å². The maximum Gasteiger partial charge on any atom is 0.133 e. The topological polar surface area (TPSA) is 42.2 Å². The molecule has 0 radical (unpaired) electrons. The molecule has 3 atom stereocenters. The Morgan fingerprint density at radius 2 is 2.29 bits per heavy atom. The number of nitrogens with zero attached hydrogens (tertiary/aromatic N) is 2. The summed E-state index contributed by atoms with van der Waals surface area (Å²) in [5.74, 6) is 1.10. The monoisotopic (exact) mass is 233 g/mol. The van der Waals surface area contributed by atoms with Gasteiger partial charge in [-0.3, -0.25) is 0 Å². The Morgan fingerprint density at radius 1 is 1.53 bits per heavy atom. The molecule has 0 saturated carbocycles. The first-order chi connectivity index (χ1) is 8.15. The molecule has 2 heterocycles. The highest BCUT2D eigenvalue weighted by molar-refractivity contribution is 5.51. The van der Waals surface area contributed by atoms with Crippen LogP contribution in [0, 0.1) is 0 Å². The molecule has 1 aromatic rings. The van der Waals surface area contributed by atoms with E-state index in [0.29, 0.717) is 12.1 Å². The van der Waals surface area contributed by atoms with Crippen LogP contribution in [0.25, 0.3) is 0 Å². The number of hydrogen-bond donors (Lipinski definition) is 1. The molecule has 1 fully saturated rings. The molecule has 2 N–H and O–H groups in total. The van der Waals surface area contributed by atoms with Crippen LogP contribution in [0.5, 0.6) is 0 Å². The van der Waals surface area contributed by atoms with Crippen molar-refractivity contribution in [2.75, 3.05) is 4.90 Å². The second-order valence-corrected chi connectivity index (χ2v) is 5.10. The summed E-state index contributed by atoms with van der Waals surface area (Å²) in [6, 6.07) is 5.32. The number of pyridine rings is 1. The molecule has 2 rings (SSSR count). The van der Waals surface area contributed by atoms with Crippen LogP contribution in [0.15, 0.2) is 18.3 Å². The molecule has 1 aliphatic rings. The van der Waals surface area contributed by atoms with Gasteiger partial charge < -0.3 is 10.6 Å². The second kappa shape index (κ2) is 5.05. The largest absolute Gasteiger partial charge is 0.351 e. The van der Waals surface area contributed by atoms with Gasteiger partial charge in [0.1, 0.15) is 5.82 Å². The summed E-state index contributed by atoms with van der Waals surface area (Å²) >= 11 is 0. The van der Waals surface area contributed by atoms with Crippen molar-refractivity contribution in [3.63, 3.8) is 0 Å². The van der Waals surface area contributed by atoms with Gasteiger partial charge in [0.2, 0.25) is 0 Å². The van der Waals surface area contributed by atoms with Crippen LogP contribution < -0.4 is 10.6 Å². The number of anilines is 1. The van der Waals surface area contributed by atoms with E-state index in [0.717, 1.165) is 5.82 Å². The van der Waals surface area contributed by atoms with Crippen molar-refractivity contribution in [1.29, 1.82) is 0 Å². The molecule has 1 aliphatic heterocycles. The van der Waals surface area contributed by atoms with E-state index in [2.05, 4.69) is 29.8 Å². The molecule has 0 aliphatic carbocycles. The maximum atomic E-state index is 6.05. The molecule has 0 spiro atoms. The van der Waals surface area contributed by atoms with Crippen molar-refractivity contribution < 1.29 is 0 Å². The van der Waals surface area contributed by atoms with Gasteiger partial charge in [-0.2, -0.15) is 0 Å². The Kier molecular flexibility index (Phi) is 3.67. The van der Waals surface area contributed by atoms with Crippen molar-refractivity contribution in [3.05, 3.63) is 23.9 Å². The molecule has 3 heteroatoms. The highest BCUT2D eigenvalue weighted by Crippen LogP contribution is 2.34. The lowest BCUT2D eigenvalue weighted by atomic mass is 10.1. The molecular formula is C14H23N3. The predicted octanol–water partition coefficient (Wildman–Crippen LogP) is 2.87. The lowest BCUT2D eigenvalue weighted by Gasteiger charge is -2.31. The highest BCUT2D eigenvalue weighted by atomic mass is 15.3. The Bertz CT molecular complexity index is 375. The quantitative estimate of drug-likeness (QED) is 0.873. The Balaban J connectivity index is 2.38. The first-order valence-electron chi connectivity index (χ1n) is 6.64. The molecule has 3 nitrogen and oxygen atoms in total. The van der Waals surface area contributed by atoms with E-state index in [1.807, 2.05) is 19.2 Å². The minimum absolute atomic E-state index is 0.0454. The molecule has 94 valence electrons. The van der Waals surface area contributed by atoms with E-state index in [9.17, 15) is 0 Å². The fourth-order valence-corrected chi connectivity index (χ4v) is 2.83. The minimum Gasteiger partial charge on any atom is -0.351 e. The number of nitrogens with two attached hydrogens (primary N) is 1. The standard InChI is InChI=1S/C14H23N3/c1-4-12-8-7-10(2)17(12)14-13(11(3)15)6-5-9-16-14/h5-6,9-12H,4,7-8,15H2,1-3H3. The third-order valence-electron chi connectivity index (χ3n) is 3.81. The van der Waals surface area contributed by atoms with E-state index in [1.165, 1.54) is 24.8 Å². The van der Waals surface area contributed by atoms with Crippen LogP contribution in [0.1, 0.15) is 51.6 Å². The van der Waals surface area contributed by atoms with Crippen molar-refractivity contribution in [2.45, 2.75) is 58.2 Å². The first-order valence-corrected chi connectivity index (χ1v) is 6.64. The Labute approximate surface area is 104 Å². The van der Waals surface area contributed by atoms with E-state index in [1.54, 1.807) is 0 Å². The van der Waals surface area contributed by atoms with Gasteiger partial charge in [0.05, 0.1) is 0 Å². The van der Waals surface area contributed by atoms with Gasteiger partial charge in [-0.15, -0.1) is 0 Å². The van der Waals surface area contributed by atoms with Gasteiger partial charge in [0.25, 0.3) is 0 Å². The zero-order valence-electron chi connectivity index (χ0n) is 11.1. The van der Waals surface area contributed by atoms with Crippen LogP contribution in [0.3, 0.4) is 0 Å². The minimum atomic E-state index is 0.0454. The number of aromatic nitrogens is 1. The summed E-state index contributed by atoms with van der Waals surface area (Å²) < 4.78 is 0. The van der Waals surface area contributed by atoms with Crippen LogP contribution in [0.2, 0.25) is 0 Å². The smallest absolute Gasteiger partial charge is 0.133 e. The van der Waals surface area contributed by atoms with Crippen molar-refractivity contribution in [2.24, 2.45) is 5.73 Å². The third kappa shape index (κ3) is 2.29. The predicted molar refractivity (Wildman–Crippen MR) is 72.1 cm³/mol. The fraction of sp³-hybridized carbons (Fsp3) is 0.643.